The second kappa shape index (κ2) is 8.36. The molecule has 0 radical (unpaired) electrons. The van der Waals surface area contributed by atoms with E-state index in [1.54, 1.807) is 16.7 Å². The average molecular weight is 372 g/mol. The minimum Gasteiger partial charge on any atom is -0.338 e. The van der Waals surface area contributed by atoms with E-state index in [9.17, 15) is 14.0 Å². The molecule has 1 heterocycles. The molecule has 0 aromatic heterocycles. The summed E-state index contributed by atoms with van der Waals surface area (Å²) in [4.78, 5) is 28.0. The lowest BCUT2D eigenvalue weighted by atomic mass is 9.96. The third-order valence-corrected chi connectivity index (χ3v) is 5.23. The van der Waals surface area contributed by atoms with Gasteiger partial charge in [0, 0.05) is 29.2 Å². The van der Waals surface area contributed by atoms with Crippen LogP contribution in [0.15, 0.2) is 53.4 Å². The monoisotopic (exact) mass is 372 g/mol. The van der Waals surface area contributed by atoms with Crippen LogP contribution in [-0.2, 0) is 4.79 Å². The van der Waals surface area contributed by atoms with Gasteiger partial charge in [-0.05, 0) is 61.6 Å². The Kier molecular flexibility index (Phi) is 5.93. The van der Waals surface area contributed by atoms with Crippen LogP contribution in [-0.4, -0.2) is 36.1 Å². The van der Waals surface area contributed by atoms with Crippen LogP contribution in [0.4, 0.5) is 10.1 Å². The minimum atomic E-state index is -0.370. The molecule has 2 amide bonds. The summed E-state index contributed by atoms with van der Waals surface area (Å²) in [6, 6.07) is 13.2. The maximum atomic E-state index is 13.0. The summed E-state index contributed by atoms with van der Waals surface area (Å²) in [6.45, 7) is 0.992. The molecule has 136 valence electrons. The molecular weight excluding hydrogens is 351 g/mol. The highest BCUT2D eigenvalue weighted by atomic mass is 32.2. The Morgan fingerprint density at radius 2 is 1.96 bits per heavy atom. The van der Waals surface area contributed by atoms with Gasteiger partial charge in [-0.15, -0.1) is 11.8 Å². The van der Waals surface area contributed by atoms with Gasteiger partial charge in [-0.2, -0.15) is 0 Å². The van der Waals surface area contributed by atoms with Crippen molar-refractivity contribution in [2.24, 2.45) is 5.92 Å². The van der Waals surface area contributed by atoms with Gasteiger partial charge in [0.25, 0.3) is 5.91 Å². The van der Waals surface area contributed by atoms with Crippen molar-refractivity contribution in [1.82, 2.24) is 4.90 Å². The standard InChI is InChI=1S/C20H21FN2O2S/c1-26-18-6-2-5-17(12-18)22-19(24)15-4-3-11-23(13-15)20(25)14-7-9-16(21)10-8-14/h2,5-10,12,15H,3-4,11,13H2,1H3,(H,22,24)/t15-/m1/s1. The fourth-order valence-electron chi connectivity index (χ4n) is 3.10. The van der Waals surface area contributed by atoms with E-state index in [1.807, 2.05) is 30.5 Å². The molecule has 1 aliphatic heterocycles. The highest BCUT2D eigenvalue weighted by Crippen LogP contribution is 2.23. The first kappa shape index (κ1) is 18.5. The quantitative estimate of drug-likeness (QED) is 0.824. The number of piperidine rings is 1. The summed E-state index contributed by atoms with van der Waals surface area (Å²) in [6.07, 6.45) is 3.51. The highest BCUT2D eigenvalue weighted by molar-refractivity contribution is 7.98. The summed E-state index contributed by atoms with van der Waals surface area (Å²) in [7, 11) is 0. The molecule has 0 unspecified atom stereocenters. The number of hydrogen-bond donors (Lipinski definition) is 1. The first-order valence-electron chi connectivity index (χ1n) is 8.56. The number of thioether (sulfide) groups is 1. The molecule has 4 nitrogen and oxygen atoms in total. The number of nitrogens with one attached hydrogen (secondary N) is 1. The lowest BCUT2D eigenvalue weighted by molar-refractivity contribution is -0.121. The van der Waals surface area contributed by atoms with Gasteiger partial charge < -0.3 is 10.2 Å². The number of likely N-dealkylation sites (tertiary alicyclic amines) is 1. The van der Waals surface area contributed by atoms with Crippen molar-refractivity contribution in [1.29, 1.82) is 0 Å². The Bertz CT molecular complexity index is 795. The maximum absolute atomic E-state index is 13.0. The van der Waals surface area contributed by atoms with Crippen molar-refractivity contribution in [2.75, 3.05) is 24.7 Å². The zero-order valence-electron chi connectivity index (χ0n) is 14.6. The van der Waals surface area contributed by atoms with E-state index >= 15 is 0 Å². The molecule has 0 spiro atoms. The summed E-state index contributed by atoms with van der Waals surface area (Å²) >= 11 is 1.62. The summed E-state index contributed by atoms with van der Waals surface area (Å²) in [5.41, 5.74) is 1.21. The lowest BCUT2D eigenvalue weighted by Gasteiger charge is -2.32. The topological polar surface area (TPSA) is 49.4 Å². The van der Waals surface area contributed by atoms with Crippen molar-refractivity contribution >= 4 is 29.3 Å². The van der Waals surface area contributed by atoms with Crippen molar-refractivity contribution in [3.8, 4) is 0 Å². The fraction of sp³-hybridized carbons (Fsp3) is 0.300. The Morgan fingerprint density at radius 1 is 1.19 bits per heavy atom. The van der Waals surface area contributed by atoms with E-state index < -0.39 is 0 Å². The second-order valence-corrected chi connectivity index (χ2v) is 7.20. The lowest BCUT2D eigenvalue weighted by Crippen LogP contribution is -2.43. The van der Waals surface area contributed by atoms with E-state index in [4.69, 9.17) is 0 Å². The Balaban J connectivity index is 1.64. The zero-order chi connectivity index (χ0) is 18.5. The number of rotatable bonds is 4. The van der Waals surface area contributed by atoms with Crippen molar-refractivity contribution in [3.63, 3.8) is 0 Å². The van der Waals surface area contributed by atoms with Crippen molar-refractivity contribution in [3.05, 3.63) is 59.9 Å². The van der Waals surface area contributed by atoms with Gasteiger partial charge in [0.1, 0.15) is 5.82 Å². The van der Waals surface area contributed by atoms with Crippen LogP contribution in [0.3, 0.4) is 0 Å². The molecule has 0 aliphatic carbocycles. The Labute approximate surface area is 156 Å². The van der Waals surface area contributed by atoms with Crippen LogP contribution < -0.4 is 5.32 Å². The number of amides is 2. The van der Waals surface area contributed by atoms with E-state index in [0.29, 0.717) is 18.7 Å². The Morgan fingerprint density at radius 3 is 2.69 bits per heavy atom. The third kappa shape index (κ3) is 4.43. The van der Waals surface area contributed by atoms with E-state index in [0.717, 1.165) is 23.4 Å². The first-order chi connectivity index (χ1) is 12.6. The molecular formula is C20H21FN2O2S. The molecule has 1 saturated heterocycles. The van der Waals surface area contributed by atoms with Gasteiger partial charge >= 0.3 is 0 Å². The molecule has 6 heteroatoms. The molecule has 3 rings (SSSR count). The van der Waals surface area contributed by atoms with E-state index in [1.165, 1.54) is 24.3 Å². The van der Waals surface area contributed by atoms with Gasteiger partial charge in [0.2, 0.25) is 5.91 Å². The third-order valence-electron chi connectivity index (χ3n) is 4.51. The second-order valence-electron chi connectivity index (χ2n) is 6.32. The molecule has 2 aromatic carbocycles. The summed E-state index contributed by atoms with van der Waals surface area (Å²) < 4.78 is 13.0. The number of carbonyl (C=O) groups excluding carboxylic acids is 2. The van der Waals surface area contributed by atoms with Gasteiger partial charge in [-0.3, -0.25) is 9.59 Å². The molecule has 26 heavy (non-hydrogen) atoms. The van der Waals surface area contributed by atoms with Gasteiger partial charge in [-0.25, -0.2) is 4.39 Å². The summed E-state index contributed by atoms with van der Waals surface area (Å²) in [5.74, 6) is -0.845. The van der Waals surface area contributed by atoms with Gasteiger partial charge in [0.15, 0.2) is 0 Å². The van der Waals surface area contributed by atoms with Gasteiger partial charge in [0.05, 0.1) is 5.92 Å². The van der Waals surface area contributed by atoms with Crippen molar-refractivity contribution in [2.45, 2.75) is 17.7 Å². The van der Waals surface area contributed by atoms with Crippen LogP contribution in [0.1, 0.15) is 23.2 Å². The number of hydrogen-bond acceptors (Lipinski definition) is 3. The van der Waals surface area contributed by atoms with Crippen LogP contribution >= 0.6 is 11.8 Å². The predicted octanol–water partition coefficient (Wildman–Crippen LogP) is 4.04. The van der Waals surface area contributed by atoms with Crippen LogP contribution in [0.5, 0.6) is 0 Å². The molecule has 1 aliphatic rings. The number of benzene rings is 2. The SMILES string of the molecule is CSc1cccc(NC(=O)[C@@H]2CCCN(C(=O)c3ccc(F)cc3)C2)c1. The van der Waals surface area contributed by atoms with E-state index in [-0.39, 0.29) is 23.5 Å². The molecule has 0 bridgehead atoms. The van der Waals surface area contributed by atoms with E-state index in [2.05, 4.69) is 5.32 Å². The minimum absolute atomic E-state index is 0.0696. The molecule has 1 N–H and O–H groups in total. The van der Waals surface area contributed by atoms with Crippen LogP contribution in [0.25, 0.3) is 0 Å². The Hall–Kier alpha value is -2.34. The van der Waals surface area contributed by atoms with Crippen LogP contribution in [0, 0.1) is 11.7 Å². The first-order valence-corrected chi connectivity index (χ1v) is 9.79. The van der Waals surface area contributed by atoms with Crippen molar-refractivity contribution < 1.29 is 14.0 Å². The zero-order valence-corrected chi connectivity index (χ0v) is 15.4. The molecule has 1 fully saturated rings. The average Bonchev–Trinajstić information content (AvgIpc) is 2.68. The fourth-order valence-corrected chi connectivity index (χ4v) is 3.56. The number of nitrogens with zero attached hydrogens (tertiary/aromatic N) is 1. The normalized spacial score (nSPS) is 17.0. The smallest absolute Gasteiger partial charge is 0.253 e. The molecule has 1 atom stereocenters. The summed E-state index contributed by atoms with van der Waals surface area (Å²) in [5, 5.41) is 2.95. The number of carbonyl (C=O) groups is 2. The highest BCUT2D eigenvalue weighted by Gasteiger charge is 2.29. The number of halogens is 1. The predicted molar refractivity (Wildman–Crippen MR) is 102 cm³/mol. The van der Waals surface area contributed by atoms with Crippen LogP contribution in [0.2, 0.25) is 0 Å². The molecule has 2 aromatic rings. The largest absolute Gasteiger partial charge is 0.338 e. The van der Waals surface area contributed by atoms with Gasteiger partial charge in [-0.1, -0.05) is 6.07 Å². The maximum Gasteiger partial charge on any atom is 0.253 e. The number of anilines is 1. The molecule has 0 saturated carbocycles.